The van der Waals surface area contributed by atoms with Crippen LogP contribution in [0.1, 0.15) is 24.5 Å². The Morgan fingerprint density at radius 2 is 1.70 bits per heavy atom. The normalized spacial score (nSPS) is 21.8. The summed E-state index contributed by atoms with van der Waals surface area (Å²) in [6, 6.07) is 19.3. The van der Waals surface area contributed by atoms with E-state index in [1.54, 1.807) is 24.3 Å². The summed E-state index contributed by atoms with van der Waals surface area (Å²) in [5, 5.41) is 44.6. The smallest absolute Gasteiger partial charge is 0.252 e. The summed E-state index contributed by atoms with van der Waals surface area (Å²) < 4.78 is 23.2. The van der Waals surface area contributed by atoms with E-state index >= 15 is 0 Å². The summed E-state index contributed by atoms with van der Waals surface area (Å²) in [7, 11) is 0. The van der Waals surface area contributed by atoms with Gasteiger partial charge in [0.25, 0.3) is 5.91 Å². The van der Waals surface area contributed by atoms with E-state index in [1.807, 2.05) is 37.3 Å². The van der Waals surface area contributed by atoms with Gasteiger partial charge in [-0.3, -0.25) is 9.59 Å². The predicted octanol–water partition coefficient (Wildman–Crippen LogP) is 2.77. The molecule has 0 spiro atoms. The SMILES string of the molecule is CCCNC(=O)C1OC(Oc2cc3oc(-c4ccc(OCc5ccccc5)cc4)cc(=O)c3c(O)c2C)C(O)C(O)C1O. The molecule has 0 aliphatic carbocycles. The zero-order valence-electron chi connectivity index (χ0n) is 23.6. The Morgan fingerprint density at radius 1 is 0.977 bits per heavy atom. The highest BCUT2D eigenvalue weighted by Crippen LogP contribution is 2.37. The molecule has 0 radical (unpaired) electrons. The lowest BCUT2D eigenvalue weighted by Crippen LogP contribution is -2.62. The number of benzene rings is 3. The molecular weight excluding hydrogens is 558 g/mol. The predicted molar refractivity (Wildman–Crippen MR) is 156 cm³/mol. The van der Waals surface area contributed by atoms with Gasteiger partial charge in [0.1, 0.15) is 58.9 Å². The first-order chi connectivity index (χ1) is 20.7. The Kier molecular flexibility index (Phi) is 8.97. The number of fused-ring (bicyclic) bond motifs is 1. The van der Waals surface area contributed by atoms with Gasteiger partial charge in [-0.15, -0.1) is 0 Å². The first kappa shape index (κ1) is 30.1. The molecule has 226 valence electrons. The maximum atomic E-state index is 13.1. The molecule has 0 bridgehead atoms. The molecule has 5 N–H and O–H groups in total. The number of carbonyl (C=O) groups excluding carboxylic acids is 1. The summed E-state index contributed by atoms with van der Waals surface area (Å²) in [4.78, 5) is 25.6. The van der Waals surface area contributed by atoms with E-state index in [4.69, 9.17) is 18.6 Å². The number of carbonyl (C=O) groups is 1. The van der Waals surface area contributed by atoms with Gasteiger partial charge in [0.2, 0.25) is 6.29 Å². The quantitative estimate of drug-likeness (QED) is 0.195. The van der Waals surface area contributed by atoms with E-state index in [2.05, 4.69) is 5.32 Å². The number of aromatic hydroxyl groups is 1. The van der Waals surface area contributed by atoms with Crippen LogP contribution in [0.3, 0.4) is 0 Å². The number of phenols is 1. The van der Waals surface area contributed by atoms with Crippen LogP contribution in [0.25, 0.3) is 22.3 Å². The van der Waals surface area contributed by atoms with Crippen LogP contribution in [-0.2, 0) is 16.1 Å². The fourth-order valence-electron chi connectivity index (χ4n) is 4.74. The first-order valence-electron chi connectivity index (χ1n) is 13.9. The van der Waals surface area contributed by atoms with Crippen molar-refractivity contribution in [2.24, 2.45) is 0 Å². The van der Waals surface area contributed by atoms with E-state index < -0.39 is 47.8 Å². The Morgan fingerprint density at radius 3 is 2.40 bits per heavy atom. The fraction of sp³-hybridized carbons (Fsp3) is 0.312. The Bertz CT molecular complexity index is 1640. The van der Waals surface area contributed by atoms with Crippen molar-refractivity contribution < 1.29 is 43.8 Å². The number of amides is 1. The highest BCUT2D eigenvalue weighted by molar-refractivity contribution is 5.88. The maximum absolute atomic E-state index is 13.1. The number of hydrogen-bond donors (Lipinski definition) is 5. The highest BCUT2D eigenvalue weighted by atomic mass is 16.7. The average Bonchev–Trinajstić information content (AvgIpc) is 3.01. The van der Waals surface area contributed by atoms with E-state index in [0.29, 0.717) is 30.9 Å². The van der Waals surface area contributed by atoms with Gasteiger partial charge in [-0.1, -0.05) is 37.3 Å². The molecule has 4 aromatic rings. The maximum Gasteiger partial charge on any atom is 0.252 e. The van der Waals surface area contributed by atoms with Crippen LogP contribution in [0.15, 0.2) is 75.9 Å². The Balaban J connectivity index is 1.40. The van der Waals surface area contributed by atoms with Crippen molar-refractivity contribution in [1.29, 1.82) is 0 Å². The minimum Gasteiger partial charge on any atom is -0.507 e. The molecule has 1 saturated heterocycles. The van der Waals surface area contributed by atoms with Crippen LogP contribution >= 0.6 is 0 Å². The van der Waals surface area contributed by atoms with Gasteiger partial charge in [-0.2, -0.15) is 0 Å². The Hall–Kier alpha value is -4.42. The van der Waals surface area contributed by atoms with Crippen molar-refractivity contribution in [3.05, 3.63) is 88.1 Å². The lowest BCUT2D eigenvalue weighted by atomic mass is 9.98. The third-order valence-electron chi connectivity index (χ3n) is 7.21. The van der Waals surface area contributed by atoms with Crippen LogP contribution < -0.4 is 20.2 Å². The van der Waals surface area contributed by atoms with Crippen molar-refractivity contribution in [1.82, 2.24) is 5.32 Å². The van der Waals surface area contributed by atoms with Gasteiger partial charge < -0.3 is 44.4 Å². The number of nitrogens with one attached hydrogen (secondary N) is 1. The van der Waals surface area contributed by atoms with E-state index in [-0.39, 0.29) is 28.0 Å². The van der Waals surface area contributed by atoms with Crippen molar-refractivity contribution in [2.75, 3.05) is 6.54 Å². The minimum atomic E-state index is -1.75. The van der Waals surface area contributed by atoms with Crippen LogP contribution in [0, 0.1) is 6.92 Å². The second-order valence-electron chi connectivity index (χ2n) is 10.3. The molecule has 5 rings (SSSR count). The minimum absolute atomic E-state index is 0.00637. The summed E-state index contributed by atoms with van der Waals surface area (Å²) in [5.41, 5.74) is 1.24. The molecule has 3 aromatic carbocycles. The summed E-state index contributed by atoms with van der Waals surface area (Å²) in [6.45, 7) is 4.04. The second kappa shape index (κ2) is 12.8. The number of phenolic OH excluding ortho intramolecular Hbond substituents is 1. The van der Waals surface area contributed by atoms with Crippen molar-refractivity contribution in [3.63, 3.8) is 0 Å². The summed E-state index contributed by atoms with van der Waals surface area (Å²) in [6.07, 6.45) is -7.67. The third-order valence-corrected chi connectivity index (χ3v) is 7.21. The summed E-state index contributed by atoms with van der Waals surface area (Å²) in [5.74, 6) is -0.267. The molecule has 11 nitrogen and oxygen atoms in total. The van der Waals surface area contributed by atoms with Gasteiger partial charge in [-0.05, 0) is 43.2 Å². The fourth-order valence-corrected chi connectivity index (χ4v) is 4.74. The first-order valence-corrected chi connectivity index (χ1v) is 13.9. The van der Waals surface area contributed by atoms with Crippen LogP contribution in [0.5, 0.6) is 17.2 Å². The van der Waals surface area contributed by atoms with Gasteiger partial charge in [0, 0.05) is 29.8 Å². The molecule has 1 aromatic heterocycles. The van der Waals surface area contributed by atoms with E-state index in [0.717, 1.165) is 5.56 Å². The van der Waals surface area contributed by atoms with Crippen molar-refractivity contribution >= 4 is 16.9 Å². The lowest BCUT2D eigenvalue weighted by molar-refractivity contribution is -0.266. The molecule has 5 unspecified atom stereocenters. The average molecular weight is 592 g/mol. The lowest BCUT2D eigenvalue weighted by Gasteiger charge is -2.39. The molecule has 2 heterocycles. The molecule has 5 atom stereocenters. The Labute approximate surface area is 246 Å². The molecule has 11 heteroatoms. The van der Waals surface area contributed by atoms with Gasteiger partial charge in [0.15, 0.2) is 11.5 Å². The standard InChI is InChI=1S/C32H33NO10/c1-3-13-33-31(39)30-28(37)27(36)29(38)32(43-30)42-22-15-24-25(26(35)17(22)2)21(34)14-23(41-24)19-9-11-20(12-10-19)40-16-18-7-5-4-6-8-18/h4-12,14-15,27-30,32,35-38H,3,13,16H2,1-2H3,(H,33,39). The zero-order valence-corrected chi connectivity index (χ0v) is 23.6. The molecule has 1 aliphatic rings. The molecular formula is C32H33NO10. The topological polar surface area (TPSA) is 168 Å². The summed E-state index contributed by atoms with van der Waals surface area (Å²) >= 11 is 0. The van der Waals surface area contributed by atoms with Crippen LogP contribution in [0.2, 0.25) is 0 Å². The number of aliphatic hydroxyl groups is 3. The van der Waals surface area contributed by atoms with E-state index in [1.165, 1.54) is 19.1 Å². The van der Waals surface area contributed by atoms with Gasteiger partial charge in [0.05, 0.1) is 0 Å². The number of hydrogen-bond acceptors (Lipinski definition) is 10. The molecule has 1 aliphatic heterocycles. The molecule has 1 fully saturated rings. The number of rotatable bonds is 9. The largest absolute Gasteiger partial charge is 0.507 e. The van der Waals surface area contributed by atoms with Crippen molar-refractivity contribution in [2.45, 2.75) is 57.6 Å². The second-order valence-corrected chi connectivity index (χ2v) is 10.3. The molecule has 0 saturated carbocycles. The number of aliphatic hydroxyl groups excluding tert-OH is 3. The van der Waals surface area contributed by atoms with Crippen LogP contribution in [0.4, 0.5) is 0 Å². The van der Waals surface area contributed by atoms with Crippen molar-refractivity contribution in [3.8, 4) is 28.6 Å². The van der Waals surface area contributed by atoms with Crippen LogP contribution in [-0.4, -0.2) is 63.6 Å². The third kappa shape index (κ3) is 6.35. The highest BCUT2D eigenvalue weighted by Gasteiger charge is 2.48. The zero-order chi connectivity index (χ0) is 30.7. The molecule has 43 heavy (non-hydrogen) atoms. The monoisotopic (exact) mass is 591 g/mol. The van der Waals surface area contributed by atoms with Gasteiger partial charge >= 0.3 is 0 Å². The van der Waals surface area contributed by atoms with Gasteiger partial charge in [-0.25, -0.2) is 0 Å². The number of ether oxygens (including phenoxy) is 3. The molecule has 1 amide bonds. The van der Waals surface area contributed by atoms with E-state index in [9.17, 15) is 30.0 Å².